The van der Waals surface area contributed by atoms with Gasteiger partial charge in [0, 0.05) is 51.2 Å². The average molecular weight is 396 g/mol. The Hall–Kier alpha value is -1.67. The van der Waals surface area contributed by atoms with E-state index in [-0.39, 0.29) is 24.8 Å². The molecule has 1 aromatic rings. The van der Waals surface area contributed by atoms with Crippen LogP contribution in [0.5, 0.6) is 0 Å². The predicted molar refractivity (Wildman–Crippen MR) is 98.6 cm³/mol. The molecular weight excluding hydrogens is 371 g/mol. The fourth-order valence-corrected chi connectivity index (χ4v) is 4.38. The summed E-state index contributed by atoms with van der Waals surface area (Å²) in [7, 11) is 0.987. The minimum atomic E-state index is -2.53. The van der Waals surface area contributed by atoms with Gasteiger partial charge in [0.25, 0.3) is 0 Å². The fourth-order valence-electron chi connectivity index (χ4n) is 3.62. The molecule has 0 saturated carbocycles. The third-order valence-electron chi connectivity index (χ3n) is 5.06. The van der Waals surface area contributed by atoms with Gasteiger partial charge in [-0.15, -0.1) is 0 Å². The van der Waals surface area contributed by atoms with Crippen LogP contribution >= 0.6 is 8.03 Å². The van der Waals surface area contributed by atoms with Gasteiger partial charge in [-0.1, -0.05) is 4.57 Å². The van der Waals surface area contributed by atoms with Crippen molar-refractivity contribution in [2.45, 2.75) is 38.5 Å². The van der Waals surface area contributed by atoms with E-state index in [4.69, 9.17) is 9.47 Å². The number of hydrogen-bond donors (Lipinski definition) is 0. The maximum Gasteiger partial charge on any atom is 0.351 e. The standard InChI is InChI=1S/C17H25N4O5P/c1-11-8-21(15-7-12(10-27(23)24)13(26-15)9-25-3)17(22)19-16(11)18-14-5-4-6-20(14)2/h8,12-13,15H,4-7,9-10H2,1-3H3/t12-,13-,15-/m1/s1. The van der Waals surface area contributed by atoms with Crippen LogP contribution in [0.3, 0.4) is 0 Å². The zero-order chi connectivity index (χ0) is 19.6. The van der Waals surface area contributed by atoms with Crippen LogP contribution in [0.1, 0.15) is 31.1 Å². The topological polar surface area (TPSA) is 109 Å². The summed E-state index contributed by atoms with van der Waals surface area (Å²) in [6.07, 6.45) is 3.13. The van der Waals surface area contributed by atoms with Gasteiger partial charge < -0.3 is 19.3 Å². The van der Waals surface area contributed by atoms with Crippen molar-refractivity contribution < 1.29 is 18.9 Å². The normalized spacial score (nSPS) is 27.6. The number of nitrogens with zero attached hydrogens (tertiary/aromatic N) is 4. The highest BCUT2D eigenvalue weighted by Gasteiger charge is 2.39. The minimum absolute atomic E-state index is 0.0130. The van der Waals surface area contributed by atoms with Crippen LogP contribution < -0.4 is 10.6 Å². The number of aromatic nitrogens is 2. The van der Waals surface area contributed by atoms with E-state index >= 15 is 0 Å². The van der Waals surface area contributed by atoms with Crippen LogP contribution in [-0.2, 0) is 14.0 Å². The SMILES string of the molecule is COC[C@H]1O[C@@H](n2cc(C)c(N=C3CCCN3C)nc2=O)C[C@@H]1C[P+](=O)[O-]. The lowest BCUT2D eigenvalue weighted by molar-refractivity contribution is -0.165. The van der Waals surface area contributed by atoms with Gasteiger partial charge in [-0.05, 0) is 13.3 Å². The van der Waals surface area contributed by atoms with Crippen LogP contribution in [0.2, 0.25) is 0 Å². The number of aryl methyl sites for hydroxylation is 1. The molecule has 3 rings (SSSR count). The third kappa shape index (κ3) is 4.60. The van der Waals surface area contributed by atoms with Crippen molar-refractivity contribution in [2.75, 3.05) is 33.5 Å². The Labute approximate surface area is 158 Å². The number of ether oxygens (including phenoxy) is 2. The maximum atomic E-state index is 12.6. The predicted octanol–water partition coefficient (Wildman–Crippen LogP) is 0.960. The van der Waals surface area contributed by atoms with E-state index in [9.17, 15) is 14.3 Å². The zero-order valence-corrected chi connectivity index (χ0v) is 16.7. The summed E-state index contributed by atoms with van der Waals surface area (Å²) in [5.41, 5.74) is 0.321. The number of aliphatic imine (C=N–C) groups is 1. The molecule has 4 atom stereocenters. The Morgan fingerprint density at radius 3 is 2.93 bits per heavy atom. The molecule has 0 amide bonds. The first-order chi connectivity index (χ1) is 12.9. The third-order valence-corrected chi connectivity index (χ3v) is 5.83. The van der Waals surface area contributed by atoms with Gasteiger partial charge >= 0.3 is 13.7 Å². The van der Waals surface area contributed by atoms with Gasteiger partial charge in [-0.3, -0.25) is 4.57 Å². The van der Waals surface area contributed by atoms with Gasteiger partial charge in [0.2, 0.25) is 0 Å². The molecule has 148 valence electrons. The summed E-state index contributed by atoms with van der Waals surface area (Å²) >= 11 is 0. The molecule has 0 bridgehead atoms. The number of hydrogen-bond acceptors (Lipinski definition) is 7. The van der Waals surface area contributed by atoms with Crippen LogP contribution in [0.4, 0.5) is 5.82 Å². The highest BCUT2D eigenvalue weighted by molar-refractivity contribution is 7.36. The molecule has 9 nitrogen and oxygen atoms in total. The molecule has 1 aromatic heterocycles. The smallest absolute Gasteiger partial charge is 0.351 e. The Bertz CT molecular complexity index is 796. The molecular formula is C17H25N4O5P. The van der Waals surface area contributed by atoms with E-state index in [1.807, 2.05) is 14.0 Å². The molecule has 10 heteroatoms. The van der Waals surface area contributed by atoms with Crippen LogP contribution in [0.25, 0.3) is 0 Å². The Morgan fingerprint density at radius 2 is 2.30 bits per heavy atom. The summed E-state index contributed by atoms with van der Waals surface area (Å²) in [5, 5.41) is 0. The lowest BCUT2D eigenvalue weighted by Crippen LogP contribution is -2.28. The largest absolute Gasteiger partial charge is 0.596 e. The molecule has 0 aliphatic carbocycles. The first-order valence-corrected chi connectivity index (χ1v) is 10.4. The van der Waals surface area contributed by atoms with Crippen molar-refractivity contribution in [1.82, 2.24) is 14.5 Å². The molecule has 27 heavy (non-hydrogen) atoms. The molecule has 1 unspecified atom stereocenters. The summed E-state index contributed by atoms with van der Waals surface area (Å²) in [4.78, 5) is 34.5. The second-order valence-corrected chi connectivity index (χ2v) is 8.12. The molecule has 0 radical (unpaired) electrons. The van der Waals surface area contributed by atoms with E-state index < -0.39 is 19.9 Å². The highest BCUT2D eigenvalue weighted by atomic mass is 31.1. The molecule has 0 aromatic carbocycles. The van der Waals surface area contributed by atoms with E-state index in [0.29, 0.717) is 12.2 Å². The molecule has 2 fully saturated rings. The lowest BCUT2D eigenvalue weighted by Gasteiger charge is -2.17. The summed E-state index contributed by atoms with van der Waals surface area (Å²) in [6, 6.07) is 0. The molecule has 2 saturated heterocycles. The van der Waals surface area contributed by atoms with Gasteiger partial charge in [-0.2, -0.15) is 4.98 Å². The molecule has 0 N–H and O–H groups in total. The van der Waals surface area contributed by atoms with Crippen LogP contribution in [0, 0.1) is 12.8 Å². The second-order valence-electron chi connectivity index (χ2n) is 7.09. The molecule has 0 spiro atoms. The summed E-state index contributed by atoms with van der Waals surface area (Å²) in [6.45, 7) is 3.09. The molecule has 2 aliphatic rings. The zero-order valence-electron chi connectivity index (χ0n) is 15.8. The van der Waals surface area contributed by atoms with Crippen molar-refractivity contribution in [3.8, 4) is 0 Å². The monoisotopic (exact) mass is 396 g/mol. The van der Waals surface area contributed by atoms with Gasteiger partial charge in [0.15, 0.2) is 5.82 Å². The fraction of sp³-hybridized carbons (Fsp3) is 0.706. The Balaban J connectivity index is 1.84. The van der Waals surface area contributed by atoms with E-state index in [1.54, 1.807) is 6.20 Å². The minimum Gasteiger partial charge on any atom is -0.596 e. The van der Waals surface area contributed by atoms with Crippen LogP contribution in [0.15, 0.2) is 16.0 Å². The Morgan fingerprint density at radius 1 is 1.52 bits per heavy atom. The van der Waals surface area contributed by atoms with E-state index in [1.165, 1.54) is 11.7 Å². The van der Waals surface area contributed by atoms with Crippen molar-refractivity contribution in [3.63, 3.8) is 0 Å². The lowest BCUT2D eigenvalue weighted by atomic mass is 10.0. The van der Waals surface area contributed by atoms with Crippen molar-refractivity contribution >= 4 is 19.7 Å². The summed E-state index contributed by atoms with van der Waals surface area (Å²) in [5.74, 6) is 1.14. The first kappa shape index (κ1) is 20.1. The van der Waals surface area contributed by atoms with Crippen molar-refractivity contribution in [1.29, 1.82) is 0 Å². The number of amidine groups is 1. The number of likely N-dealkylation sites (tertiary alicyclic amines) is 1. The quantitative estimate of drug-likeness (QED) is 0.659. The van der Waals surface area contributed by atoms with E-state index in [0.717, 1.165) is 30.8 Å². The van der Waals surface area contributed by atoms with Crippen molar-refractivity contribution in [2.24, 2.45) is 10.9 Å². The second kappa shape index (κ2) is 8.56. The van der Waals surface area contributed by atoms with E-state index in [2.05, 4.69) is 14.9 Å². The van der Waals surface area contributed by atoms with Gasteiger partial charge in [-0.25, -0.2) is 9.79 Å². The van der Waals surface area contributed by atoms with Gasteiger partial charge in [0.05, 0.1) is 12.7 Å². The highest BCUT2D eigenvalue weighted by Crippen LogP contribution is 2.36. The Kier molecular flexibility index (Phi) is 6.37. The number of rotatable bonds is 6. The van der Waals surface area contributed by atoms with Gasteiger partial charge in [0.1, 0.15) is 18.2 Å². The molecule has 2 aliphatic heterocycles. The summed E-state index contributed by atoms with van der Waals surface area (Å²) < 4.78 is 23.6. The van der Waals surface area contributed by atoms with Crippen LogP contribution in [-0.4, -0.2) is 59.9 Å². The molecule has 3 heterocycles. The maximum absolute atomic E-state index is 12.6. The van der Waals surface area contributed by atoms with Crippen molar-refractivity contribution in [3.05, 3.63) is 22.2 Å². The number of methoxy groups -OCH3 is 1. The average Bonchev–Trinajstić information content (AvgIpc) is 3.17. The first-order valence-electron chi connectivity index (χ1n) is 9.03.